The van der Waals surface area contributed by atoms with Crippen LogP contribution >= 0.6 is 11.6 Å². The van der Waals surface area contributed by atoms with Crippen LogP contribution in [0, 0.1) is 0 Å². The standard InChI is InChI=1S/C31H26ClN3O5S/c1-19(21-9-11-22(12-10-21)31(37)38)34-30(36)28-16-24(23-6-4-8-27(15-23)41(2,39)40)14-25-17-33-35(29(25)28)18-20-5-3-7-26(32)13-20/h3-17,19H,18H2,1-2H3,(H,34,36)(H,37,38)/t19-/m0/s1. The van der Waals surface area contributed by atoms with Crippen LogP contribution in [0.25, 0.3) is 22.0 Å². The predicted molar refractivity (Wildman–Crippen MR) is 158 cm³/mol. The van der Waals surface area contributed by atoms with Gasteiger partial charge in [-0.15, -0.1) is 0 Å². The van der Waals surface area contributed by atoms with Gasteiger partial charge in [-0.3, -0.25) is 9.48 Å². The molecular formula is C31H26ClN3O5S. The summed E-state index contributed by atoms with van der Waals surface area (Å²) in [7, 11) is -3.43. The largest absolute Gasteiger partial charge is 0.478 e. The normalized spacial score (nSPS) is 12.3. The number of carboxylic acids is 1. The van der Waals surface area contributed by atoms with Crippen LogP contribution in [0.2, 0.25) is 5.02 Å². The maximum Gasteiger partial charge on any atom is 0.335 e. The molecule has 0 radical (unpaired) electrons. The Balaban J connectivity index is 1.58. The summed E-state index contributed by atoms with van der Waals surface area (Å²) >= 11 is 6.19. The molecule has 0 fully saturated rings. The maximum atomic E-state index is 13.8. The molecule has 0 aliphatic heterocycles. The summed E-state index contributed by atoms with van der Waals surface area (Å²) in [5.74, 6) is -1.39. The van der Waals surface area contributed by atoms with E-state index < -0.39 is 21.8 Å². The van der Waals surface area contributed by atoms with Crippen LogP contribution in [0.4, 0.5) is 0 Å². The van der Waals surface area contributed by atoms with E-state index in [1.54, 1.807) is 53.3 Å². The molecule has 0 unspecified atom stereocenters. The number of rotatable bonds is 8. The Morgan fingerprint density at radius 2 is 1.71 bits per heavy atom. The number of fused-ring (bicyclic) bond motifs is 1. The molecule has 2 N–H and O–H groups in total. The average molecular weight is 588 g/mol. The molecule has 8 nitrogen and oxygen atoms in total. The van der Waals surface area contributed by atoms with Crippen LogP contribution in [-0.4, -0.2) is 41.4 Å². The number of carbonyl (C=O) groups is 2. The van der Waals surface area contributed by atoms with Gasteiger partial charge in [0.1, 0.15) is 0 Å². The Labute approximate surface area is 242 Å². The Hall–Kier alpha value is -4.47. The van der Waals surface area contributed by atoms with Crippen molar-refractivity contribution in [3.8, 4) is 11.1 Å². The van der Waals surface area contributed by atoms with Crippen LogP contribution in [0.15, 0.2) is 96.0 Å². The quantitative estimate of drug-likeness (QED) is 0.230. The molecule has 0 saturated carbocycles. The van der Waals surface area contributed by atoms with E-state index in [0.29, 0.717) is 39.2 Å². The number of benzene rings is 4. The minimum atomic E-state index is -3.43. The molecule has 0 spiro atoms. The number of hydrogen-bond acceptors (Lipinski definition) is 5. The second kappa shape index (κ2) is 11.2. The highest BCUT2D eigenvalue weighted by atomic mass is 35.5. The maximum absolute atomic E-state index is 13.8. The number of nitrogens with one attached hydrogen (secondary N) is 1. The lowest BCUT2D eigenvalue weighted by Crippen LogP contribution is -2.27. The SMILES string of the molecule is C[C@H](NC(=O)c1cc(-c2cccc(S(C)(=O)=O)c2)cc2cnn(Cc3cccc(Cl)c3)c12)c1ccc(C(=O)O)cc1. The van der Waals surface area contributed by atoms with Crippen molar-refractivity contribution in [2.24, 2.45) is 0 Å². The molecule has 5 aromatic rings. The molecule has 0 aliphatic carbocycles. The topological polar surface area (TPSA) is 118 Å². The molecule has 1 aromatic heterocycles. The van der Waals surface area contributed by atoms with Crippen LogP contribution in [0.5, 0.6) is 0 Å². The predicted octanol–water partition coefficient (Wildman–Crippen LogP) is 6.00. The van der Waals surface area contributed by atoms with Gasteiger partial charge in [-0.25, -0.2) is 13.2 Å². The van der Waals surface area contributed by atoms with Crippen LogP contribution in [-0.2, 0) is 16.4 Å². The van der Waals surface area contributed by atoms with Gasteiger partial charge >= 0.3 is 5.97 Å². The van der Waals surface area contributed by atoms with Gasteiger partial charge in [-0.2, -0.15) is 5.10 Å². The van der Waals surface area contributed by atoms with E-state index in [-0.39, 0.29) is 16.4 Å². The van der Waals surface area contributed by atoms with Crippen LogP contribution in [0.1, 0.15) is 44.8 Å². The number of nitrogens with zero attached hydrogens (tertiary/aromatic N) is 2. The first-order chi connectivity index (χ1) is 19.5. The number of halogens is 1. The fraction of sp³-hybridized carbons (Fsp3) is 0.129. The highest BCUT2D eigenvalue weighted by Crippen LogP contribution is 2.30. The fourth-order valence-electron chi connectivity index (χ4n) is 4.68. The van der Waals surface area contributed by atoms with Gasteiger partial charge in [0.25, 0.3) is 5.91 Å². The smallest absolute Gasteiger partial charge is 0.335 e. The minimum absolute atomic E-state index is 0.155. The van der Waals surface area contributed by atoms with Crippen molar-refractivity contribution in [3.63, 3.8) is 0 Å². The monoisotopic (exact) mass is 587 g/mol. The molecule has 0 aliphatic rings. The zero-order valence-corrected chi connectivity index (χ0v) is 23.8. The third kappa shape index (κ3) is 6.16. The molecule has 4 aromatic carbocycles. The number of aromatic carboxylic acids is 1. The Morgan fingerprint density at radius 3 is 2.39 bits per heavy atom. The molecule has 0 bridgehead atoms. The van der Waals surface area contributed by atoms with Gasteiger partial charge in [-0.1, -0.05) is 48.0 Å². The molecule has 1 atom stereocenters. The molecular weight excluding hydrogens is 562 g/mol. The number of amides is 1. The van der Waals surface area contributed by atoms with E-state index in [9.17, 15) is 23.1 Å². The van der Waals surface area contributed by atoms with Crippen LogP contribution < -0.4 is 5.32 Å². The zero-order chi connectivity index (χ0) is 29.3. The summed E-state index contributed by atoms with van der Waals surface area (Å²) in [5.41, 5.74) is 4.07. The molecule has 41 heavy (non-hydrogen) atoms. The van der Waals surface area contributed by atoms with Gasteiger partial charge in [-0.05, 0) is 77.7 Å². The van der Waals surface area contributed by atoms with Crippen LogP contribution in [0.3, 0.4) is 0 Å². The molecule has 1 amide bonds. The summed E-state index contributed by atoms with van der Waals surface area (Å²) in [6.07, 6.45) is 2.83. The average Bonchev–Trinajstić information content (AvgIpc) is 3.34. The summed E-state index contributed by atoms with van der Waals surface area (Å²) in [5, 5.41) is 18.1. The molecule has 1 heterocycles. The van der Waals surface area contributed by atoms with Crippen molar-refractivity contribution in [3.05, 3.63) is 118 Å². The number of aromatic nitrogens is 2. The lowest BCUT2D eigenvalue weighted by atomic mass is 9.99. The summed E-state index contributed by atoms with van der Waals surface area (Å²) in [6.45, 7) is 2.19. The highest BCUT2D eigenvalue weighted by molar-refractivity contribution is 7.90. The summed E-state index contributed by atoms with van der Waals surface area (Å²) in [6, 6.07) is 23.5. The van der Waals surface area contributed by atoms with E-state index in [1.807, 2.05) is 31.2 Å². The Morgan fingerprint density at radius 1 is 0.976 bits per heavy atom. The second-order valence-electron chi connectivity index (χ2n) is 9.82. The van der Waals surface area contributed by atoms with Crippen molar-refractivity contribution in [2.75, 3.05) is 6.26 Å². The summed E-state index contributed by atoms with van der Waals surface area (Å²) < 4.78 is 26.1. The number of carboxylic acid groups (broad SMARTS) is 1. The molecule has 10 heteroatoms. The first-order valence-corrected chi connectivity index (χ1v) is 14.9. The molecule has 208 valence electrons. The molecule has 0 saturated heterocycles. The second-order valence-corrected chi connectivity index (χ2v) is 12.3. The van der Waals surface area contributed by atoms with Crippen molar-refractivity contribution in [1.82, 2.24) is 15.1 Å². The third-order valence-electron chi connectivity index (χ3n) is 6.80. The molecule has 5 rings (SSSR count). The van der Waals surface area contributed by atoms with E-state index in [1.165, 1.54) is 18.2 Å². The highest BCUT2D eigenvalue weighted by Gasteiger charge is 2.20. The number of sulfone groups is 1. The lowest BCUT2D eigenvalue weighted by molar-refractivity contribution is 0.0696. The zero-order valence-electron chi connectivity index (χ0n) is 22.2. The lowest BCUT2D eigenvalue weighted by Gasteiger charge is -2.17. The first-order valence-electron chi connectivity index (χ1n) is 12.7. The van der Waals surface area contributed by atoms with Gasteiger partial charge in [0, 0.05) is 16.7 Å². The summed E-state index contributed by atoms with van der Waals surface area (Å²) in [4.78, 5) is 25.2. The first kappa shape index (κ1) is 28.1. The van der Waals surface area contributed by atoms with Crippen molar-refractivity contribution >= 4 is 44.2 Å². The van der Waals surface area contributed by atoms with Gasteiger partial charge < -0.3 is 10.4 Å². The number of hydrogen-bond donors (Lipinski definition) is 2. The van der Waals surface area contributed by atoms with Crippen molar-refractivity contribution in [2.45, 2.75) is 24.4 Å². The van der Waals surface area contributed by atoms with Gasteiger partial charge in [0.15, 0.2) is 9.84 Å². The fourth-order valence-corrected chi connectivity index (χ4v) is 5.56. The van der Waals surface area contributed by atoms with Gasteiger partial charge in [0.2, 0.25) is 0 Å². The van der Waals surface area contributed by atoms with E-state index in [2.05, 4.69) is 10.4 Å². The number of carbonyl (C=O) groups excluding carboxylic acids is 1. The van der Waals surface area contributed by atoms with E-state index in [0.717, 1.165) is 17.4 Å². The third-order valence-corrected chi connectivity index (χ3v) is 8.15. The van der Waals surface area contributed by atoms with E-state index >= 15 is 0 Å². The van der Waals surface area contributed by atoms with Crippen molar-refractivity contribution < 1.29 is 23.1 Å². The van der Waals surface area contributed by atoms with E-state index in [4.69, 9.17) is 11.6 Å². The minimum Gasteiger partial charge on any atom is -0.478 e. The Kier molecular flexibility index (Phi) is 7.66. The Bertz CT molecular complexity index is 1900. The van der Waals surface area contributed by atoms with Crippen molar-refractivity contribution in [1.29, 1.82) is 0 Å². The van der Waals surface area contributed by atoms with Gasteiger partial charge in [0.05, 0.1) is 40.3 Å².